The highest BCUT2D eigenvalue weighted by Gasteiger charge is 2.35. The Kier molecular flexibility index (Phi) is 2.87. The summed E-state index contributed by atoms with van der Waals surface area (Å²) in [5.74, 6) is 0.223. The molecule has 0 aromatic rings. The topological polar surface area (TPSA) is 72.3 Å². The second-order valence-electron chi connectivity index (χ2n) is 3.56. The van der Waals surface area contributed by atoms with Crippen molar-refractivity contribution in [1.29, 1.82) is 0 Å². The fourth-order valence-corrected chi connectivity index (χ4v) is 1.88. The van der Waals surface area contributed by atoms with E-state index in [-0.39, 0.29) is 18.1 Å². The minimum absolute atomic E-state index is 0.188. The van der Waals surface area contributed by atoms with Gasteiger partial charge in [0.2, 0.25) is 0 Å². The molecule has 1 aliphatic rings. The number of hydrogen-bond acceptors (Lipinski definition) is 3. The quantitative estimate of drug-likeness (QED) is 0.522. The lowest BCUT2D eigenvalue weighted by atomic mass is 9.74. The van der Waals surface area contributed by atoms with Gasteiger partial charge in [0.05, 0.1) is 0 Å². The summed E-state index contributed by atoms with van der Waals surface area (Å²) in [5.41, 5.74) is 11.3. The van der Waals surface area contributed by atoms with Crippen LogP contribution in [0.15, 0.2) is 0 Å². The highest BCUT2D eigenvalue weighted by atomic mass is 16.3. The predicted molar refractivity (Wildman–Crippen MR) is 45.0 cm³/mol. The van der Waals surface area contributed by atoms with Crippen LogP contribution in [0.3, 0.4) is 0 Å². The maximum absolute atomic E-state index is 9.02. The van der Waals surface area contributed by atoms with Crippen molar-refractivity contribution in [2.45, 2.75) is 31.2 Å². The molecule has 0 saturated heterocycles. The molecule has 0 amide bonds. The van der Waals surface area contributed by atoms with Crippen molar-refractivity contribution in [2.24, 2.45) is 17.4 Å². The van der Waals surface area contributed by atoms with E-state index in [4.69, 9.17) is 16.6 Å². The van der Waals surface area contributed by atoms with Crippen LogP contribution in [0.25, 0.3) is 0 Å². The Morgan fingerprint density at radius 2 is 2.18 bits per heavy atom. The predicted octanol–water partition coefficient (Wildman–Crippen LogP) is -0.175. The number of rotatable bonds is 2. The first-order chi connectivity index (χ1) is 5.23. The number of hydrogen-bond donors (Lipinski definition) is 3. The normalized spacial score (nSPS) is 39.0. The van der Waals surface area contributed by atoms with Gasteiger partial charge in [0.25, 0.3) is 0 Å². The van der Waals surface area contributed by atoms with Gasteiger partial charge in [-0.3, -0.25) is 0 Å². The molecule has 0 spiro atoms. The lowest BCUT2D eigenvalue weighted by Crippen LogP contribution is -2.55. The molecule has 0 bridgehead atoms. The fraction of sp³-hybridized carbons (Fsp3) is 1.00. The molecule has 11 heavy (non-hydrogen) atoms. The second-order valence-corrected chi connectivity index (χ2v) is 3.56. The lowest BCUT2D eigenvalue weighted by molar-refractivity contribution is 0.114. The number of aliphatic hydroxyl groups excluding tert-OH is 1. The van der Waals surface area contributed by atoms with E-state index in [9.17, 15) is 0 Å². The number of aliphatic hydroxyl groups is 1. The largest absolute Gasteiger partial charge is 0.396 e. The molecule has 1 rings (SSSR count). The molecule has 1 aliphatic carbocycles. The molecule has 3 nitrogen and oxygen atoms in total. The zero-order valence-electron chi connectivity index (χ0n) is 6.92. The average molecular weight is 158 g/mol. The van der Waals surface area contributed by atoms with Crippen molar-refractivity contribution in [3.05, 3.63) is 0 Å². The Hall–Kier alpha value is -0.120. The SMILES string of the molecule is NC[C@]1(N)CCCC[C@H]1CO. The molecule has 66 valence electrons. The Labute approximate surface area is 67.8 Å². The summed E-state index contributed by atoms with van der Waals surface area (Å²) >= 11 is 0. The Balaban J connectivity index is 2.57. The van der Waals surface area contributed by atoms with E-state index in [1.54, 1.807) is 0 Å². The lowest BCUT2D eigenvalue weighted by Gasteiger charge is -2.39. The molecule has 0 unspecified atom stereocenters. The van der Waals surface area contributed by atoms with E-state index in [2.05, 4.69) is 0 Å². The molecule has 0 radical (unpaired) electrons. The van der Waals surface area contributed by atoms with Crippen LogP contribution >= 0.6 is 0 Å². The summed E-state index contributed by atoms with van der Waals surface area (Å²) in [4.78, 5) is 0. The average Bonchev–Trinajstić information content (AvgIpc) is 2.05. The van der Waals surface area contributed by atoms with Crippen LogP contribution in [-0.2, 0) is 0 Å². The van der Waals surface area contributed by atoms with Crippen LogP contribution in [0, 0.1) is 5.92 Å². The fourth-order valence-electron chi connectivity index (χ4n) is 1.88. The molecule has 2 atom stereocenters. The first-order valence-electron chi connectivity index (χ1n) is 4.33. The van der Waals surface area contributed by atoms with Gasteiger partial charge >= 0.3 is 0 Å². The van der Waals surface area contributed by atoms with Crippen molar-refractivity contribution in [1.82, 2.24) is 0 Å². The highest BCUT2D eigenvalue weighted by molar-refractivity contribution is 4.94. The van der Waals surface area contributed by atoms with Crippen LogP contribution in [-0.4, -0.2) is 23.8 Å². The molecule has 0 aromatic carbocycles. The van der Waals surface area contributed by atoms with Gasteiger partial charge in [0, 0.05) is 24.6 Å². The van der Waals surface area contributed by atoms with Crippen molar-refractivity contribution in [2.75, 3.05) is 13.2 Å². The van der Waals surface area contributed by atoms with E-state index < -0.39 is 0 Å². The van der Waals surface area contributed by atoms with Crippen LogP contribution in [0.5, 0.6) is 0 Å². The van der Waals surface area contributed by atoms with Crippen molar-refractivity contribution in [3.8, 4) is 0 Å². The van der Waals surface area contributed by atoms with Crippen LogP contribution in [0.1, 0.15) is 25.7 Å². The van der Waals surface area contributed by atoms with Gasteiger partial charge in [0.15, 0.2) is 0 Å². The van der Waals surface area contributed by atoms with Crippen LogP contribution < -0.4 is 11.5 Å². The summed E-state index contributed by atoms with van der Waals surface area (Å²) < 4.78 is 0. The van der Waals surface area contributed by atoms with Crippen molar-refractivity contribution < 1.29 is 5.11 Å². The zero-order valence-corrected chi connectivity index (χ0v) is 6.92. The summed E-state index contributed by atoms with van der Waals surface area (Å²) in [6.07, 6.45) is 4.34. The second kappa shape index (κ2) is 3.52. The third-order valence-electron chi connectivity index (χ3n) is 2.86. The third kappa shape index (κ3) is 1.72. The van der Waals surface area contributed by atoms with Crippen LogP contribution in [0.4, 0.5) is 0 Å². The molecule has 0 heterocycles. The third-order valence-corrected chi connectivity index (χ3v) is 2.86. The van der Waals surface area contributed by atoms with E-state index in [0.717, 1.165) is 19.3 Å². The monoisotopic (exact) mass is 158 g/mol. The van der Waals surface area contributed by atoms with Gasteiger partial charge in [-0.05, 0) is 12.8 Å². The summed E-state index contributed by atoms with van der Waals surface area (Å²) in [6.45, 7) is 0.686. The maximum atomic E-state index is 9.02. The molecule has 1 fully saturated rings. The molecule has 3 heteroatoms. The maximum Gasteiger partial charge on any atom is 0.0477 e. The summed E-state index contributed by atoms with van der Waals surface area (Å²) in [5, 5.41) is 9.02. The van der Waals surface area contributed by atoms with Crippen molar-refractivity contribution in [3.63, 3.8) is 0 Å². The van der Waals surface area contributed by atoms with E-state index >= 15 is 0 Å². The molecular weight excluding hydrogens is 140 g/mol. The summed E-state index contributed by atoms with van der Waals surface area (Å²) in [6, 6.07) is 0. The first-order valence-corrected chi connectivity index (χ1v) is 4.33. The van der Waals surface area contributed by atoms with Crippen molar-refractivity contribution >= 4 is 0 Å². The Morgan fingerprint density at radius 3 is 2.64 bits per heavy atom. The van der Waals surface area contributed by atoms with Crippen LogP contribution in [0.2, 0.25) is 0 Å². The Morgan fingerprint density at radius 1 is 1.45 bits per heavy atom. The van der Waals surface area contributed by atoms with E-state index in [1.165, 1.54) is 6.42 Å². The molecule has 5 N–H and O–H groups in total. The Bertz CT molecular complexity index is 129. The standard InChI is InChI=1S/C8H18N2O/c9-6-8(10)4-2-1-3-7(8)5-11/h7,11H,1-6,9-10H2/t7-,8+/m0/s1. The highest BCUT2D eigenvalue weighted by Crippen LogP contribution is 2.30. The first kappa shape index (κ1) is 8.97. The van der Waals surface area contributed by atoms with Gasteiger partial charge in [0.1, 0.15) is 0 Å². The van der Waals surface area contributed by atoms with E-state index in [1.807, 2.05) is 0 Å². The molecule has 0 aromatic heterocycles. The molecular formula is C8H18N2O. The number of nitrogens with two attached hydrogens (primary N) is 2. The van der Waals surface area contributed by atoms with Gasteiger partial charge in [-0.15, -0.1) is 0 Å². The minimum atomic E-state index is -0.285. The van der Waals surface area contributed by atoms with Gasteiger partial charge in [-0.1, -0.05) is 12.8 Å². The van der Waals surface area contributed by atoms with E-state index in [0.29, 0.717) is 6.54 Å². The zero-order chi connectivity index (χ0) is 8.32. The van der Waals surface area contributed by atoms with Gasteiger partial charge < -0.3 is 16.6 Å². The summed E-state index contributed by atoms with van der Waals surface area (Å²) in [7, 11) is 0. The molecule has 0 aliphatic heterocycles. The van der Waals surface area contributed by atoms with Gasteiger partial charge in [-0.25, -0.2) is 0 Å². The smallest absolute Gasteiger partial charge is 0.0477 e. The minimum Gasteiger partial charge on any atom is -0.396 e. The molecule has 1 saturated carbocycles. The van der Waals surface area contributed by atoms with Gasteiger partial charge in [-0.2, -0.15) is 0 Å².